The second kappa shape index (κ2) is 6.30. The van der Waals surface area contributed by atoms with E-state index >= 15 is 0 Å². The molecule has 1 amide bonds. The van der Waals surface area contributed by atoms with Crippen molar-refractivity contribution in [2.75, 3.05) is 13.1 Å². The van der Waals surface area contributed by atoms with E-state index in [0.717, 1.165) is 23.9 Å². The van der Waals surface area contributed by atoms with Gasteiger partial charge in [-0.2, -0.15) is 0 Å². The van der Waals surface area contributed by atoms with E-state index in [0.29, 0.717) is 12.1 Å². The topological polar surface area (TPSA) is 46.3 Å². The molecule has 1 unspecified atom stereocenters. The van der Waals surface area contributed by atoms with Crippen LogP contribution in [0.2, 0.25) is 0 Å². The first-order chi connectivity index (χ1) is 9.11. The molecule has 1 aromatic rings. The Morgan fingerprint density at radius 1 is 1.58 bits per heavy atom. The van der Waals surface area contributed by atoms with Gasteiger partial charge in [0.25, 0.3) is 0 Å². The normalized spacial score (nSPS) is 19.3. The number of nitrogens with two attached hydrogens (primary N) is 1. The summed E-state index contributed by atoms with van der Waals surface area (Å²) in [7, 11) is 0. The number of rotatable bonds is 3. The molecule has 19 heavy (non-hydrogen) atoms. The summed E-state index contributed by atoms with van der Waals surface area (Å²) in [4.78, 5) is 13.8. The number of hydrogen-bond acceptors (Lipinski definition) is 2. The molecule has 0 aliphatic carbocycles. The van der Waals surface area contributed by atoms with Crippen molar-refractivity contribution >= 4 is 27.9 Å². The van der Waals surface area contributed by atoms with Crippen LogP contribution in [-0.2, 0) is 4.79 Å². The third kappa shape index (κ3) is 3.42. The van der Waals surface area contributed by atoms with Gasteiger partial charge in [-0.25, -0.2) is 4.39 Å². The van der Waals surface area contributed by atoms with Crippen molar-refractivity contribution < 1.29 is 9.18 Å². The lowest BCUT2D eigenvalue weighted by Gasteiger charge is -2.21. The second-order valence-electron chi connectivity index (χ2n) is 4.56. The van der Waals surface area contributed by atoms with E-state index in [9.17, 15) is 9.18 Å². The zero-order valence-corrected chi connectivity index (χ0v) is 12.1. The summed E-state index contributed by atoms with van der Waals surface area (Å²) in [5.41, 5.74) is 6.02. The quantitative estimate of drug-likeness (QED) is 0.868. The Morgan fingerprint density at radius 2 is 2.37 bits per heavy atom. The molecule has 1 aliphatic heterocycles. The van der Waals surface area contributed by atoms with Crippen LogP contribution in [0.25, 0.3) is 6.08 Å². The molecule has 0 bridgehead atoms. The number of carbonyl (C=O) groups excluding carboxylic acids is 1. The number of amides is 1. The minimum atomic E-state index is -0.343. The molecule has 2 N–H and O–H groups in total. The fourth-order valence-electron chi connectivity index (χ4n) is 2.27. The lowest BCUT2D eigenvalue weighted by molar-refractivity contribution is -0.126. The average Bonchev–Trinajstić information content (AvgIpc) is 2.88. The fourth-order valence-corrected chi connectivity index (χ4v) is 2.65. The molecule has 0 aromatic heterocycles. The summed E-state index contributed by atoms with van der Waals surface area (Å²) >= 11 is 3.28. The highest BCUT2D eigenvalue weighted by atomic mass is 79.9. The van der Waals surface area contributed by atoms with Crippen LogP contribution >= 0.6 is 15.9 Å². The van der Waals surface area contributed by atoms with E-state index in [1.165, 1.54) is 18.2 Å². The lowest BCUT2D eigenvalue weighted by atomic mass is 10.2. The first kappa shape index (κ1) is 14.2. The molecule has 2 rings (SSSR count). The van der Waals surface area contributed by atoms with Gasteiger partial charge in [-0.1, -0.05) is 15.9 Å². The maximum Gasteiger partial charge on any atom is 0.246 e. The molecule has 0 radical (unpaired) electrons. The molecule has 102 valence electrons. The van der Waals surface area contributed by atoms with E-state index < -0.39 is 0 Å². The van der Waals surface area contributed by atoms with E-state index in [1.54, 1.807) is 17.0 Å². The molecule has 1 heterocycles. The minimum Gasteiger partial charge on any atom is -0.335 e. The van der Waals surface area contributed by atoms with Gasteiger partial charge in [0.1, 0.15) is 5.82 Å². The predicted molar refractivity (Wildman–Crippen MR) is 76.9 cm³/mol. The van der Waals surface area contributed by atoms with Crippen LogP contribution in [0.15, 0.2) is 28.7 Å². The Morgan fingerprint density at radius 3 is 3.11 bits per heavy atom. The highest BCUT2D eigenvalue weighted by Gasteiger charge is 2.25. The van der Waals surface area contributed by atoms with Crippen molar-refractivity contribution in [2.45, 2.75) is 18.9 Å². The Kier molecular flexibility index (Phi) is 4.71. The van der Waals surface area contributed by atoms with Crippen molar-refractivity contribution in [3.63, 3.8) is 0 Å². The monoisotopic (exact) mass is 326 g/mol. The van der Waals surface area contributed by atoms with Crippen molar-refractivity contribution in [1.29, 1.82) is 0 Å². The first-order valence-electron chi connectivity index (χ1n) is 6.25. The number of carbonyl (C=O) groups is 1. The predicted octanol–water partition coefficient (Wildman–Crippen LogP) is 2.55. The largest absolute Gasteiger partial charge is 0.335 e. The molecule has 1 aliphatic rings. The number of nitrogens with zero attached hydrogens (tertiary/aromatic N) is 1. The number of likely N-dealkylation sites (tertiary alicyclic amines) is 1. The van der Waals surface area contributed by atoms with Crippen LogP contribution in [0.1, 0.15) is 18.4 Å². The van der Waals surface area contributed by atoms with Gasteiger partial charge in [0.05, 0.1) is 0 Å². The second-order valence-corrected chi connectivity index (χ2v) is 5.48. The van der Waals surface area contributed by atoms with Crippen LogP contribution < -0.4 is 5.73 Å². The van der Waals surface area contributed by atoms with E-state index in [2.05, 4.69) is 15.9 Å². The third-order valence-electron chi connectivity index (χ3n) is 3.30. The third-order valence-corrected chi connectivity index (χ3v) is 3.79. The van der Waals surface area contributed by atoms with Gasteiger partial charge in [0, 0.05) is 35.2 Å². The molecule has 1 fully saturated rings. The van der Waals surface area contributed by atoms with Crippen LogP contribution in [0, 0.1) is 5.82 Å². The van der Waals surface area contributed by atoms with Crippen LogP contribution in [0.4, 0.5) is 4.39 Å². The van der Waals surface area contributed by atoms with Gasteiger partial charge in [0.15, 0.2) is 0 Å². The molecule has 3 nitrogen and oxygen atoms in total. The van der Waals surface area contributed by atoms with Crippen LogP contribution in [-0.4, -0.2) is 29.9 Å². The zero-order chi connectivity index (χ0) is 13.8. The SMILES string of the molecule is NCC1CCCN1C(=O)C=Cc1cc(Br)ccc1F. The molecular weight excluding hydrogens is 311 g/mol. The summed E-state index contributed by atoms with van der Waals surface area (Å²) in [6.07, 6.45) is 4.85. The Hall–Kier alpha value is -1.20. The van der Waals surface area contributed by atoms with Crippen LogP contribution in [0.5, 0.6) is 0 Å². The summed E-state index contributed by atoms with van der Waals surface area (Å²) in [5.74, 6) is -0.448. The van der Waals surface area contributed by atoms with Gasteiger partial charge >= 0.3 is 0 Å². The van der Waals surface area contributed by atoms with E-state index in [1.807, 2.05) is 0 Å². The molecule has 0 spiro atoms. The Labute approximate surface area is 120 Å². The van der Waals surface area contributed by atoms with Gasteiger partial charge < -0.3 is 10.6 Å². The summed E-state index contributed by atoms with van der Waals surface area (Å²) < 4.78 is 14.3. The van der Waals surface area contributed by atoms with Crippen molar-refractivity contribution in [2.24, 2.45) is 5.73 Å². The highest BCUT2D eigenvalue weighted by Crippen LogP contribution is 2.19. The zero-order valence-electron chi connectivity index (χ0n) is 10.5. The number of benzene rings is 1. The minimum absolute atomic E-state index is 0.104. The van der Waals surface area contributed by atoms with E-state index in [-0.39, 0.29) is 17.8 Å². The van der Waals surface area contributed by atoms with Gasteiger partial charge in [0.2, 0.25) is 5.91 Å². The maximum atomic E-state index is 13.5. The van der Waals surface area contributed by atoms with E-state index in [4.69, 9.17) is 5.73 Å². The van der Waals surface area contributed by atoms with Gasteiger partial charge in [-0.05, 0) is 37.1 Å². The lowest BCUT2D eigenvalue weighted by Crippen LogP contribution is -2.38. The molecule has 1 aromatic carbocycles. The number of hydrogen-bond donors (Lipinski definition) is 1. The fraction of sp³-hybridized carbons (Fsp3) is 0.357. The van der Waals surface area contributed by atoms with Crippen molar-refractivity contribution in [3.8, 4) is 0 Å². The molecule has 5 heteroatoms. The summed E-state index contributed by atoms with van der Waals surface area (Å²) in [5, 5.41) is 0. The van der Waals surface area contributed by atoms with Crippen molar-refractivity contribution in [1.82, 2.24) is 4.90 Å². The number of halogens is 2. The van der Waals surface area contributed by atoms with Gasteiger partial charge in [-0.15, -0.1) is 0 Å². The Bertz CT molecular complexity index is 504. The molecular formula is C14H16BrFN2O. The standard InChI is InChI=1S/C14H16BrFN2O/c15-11-4-5-13(16)10(8-11)3-6-14(19)18-7-1-2-12(18)9-17/h3-6,8,12H,1-2,7,9,17H2. The summed E-state index contributed by atoms with van der Waals surface area (Å²) in [6.45, 7) is 1.21. The average molecular weight is 327 g/mol. The van der Waals surface area contributed by atoms with Crippen molar-refractivity contribution in [3.05, 3.63) is 40.1 Å². The first-order valence-corrected chi connectivity index (χ1v) is 7.05. The molecule has 1 atom stereocenters. The smallest absolute Gasteiger partial charge is 0.246 e. The Balaban J connectivity index is 2.09. The molecule has 1 saturated heterocycles. The summed E-state index contributed by atoms with van der Waals surface area (Å²) in [6, 6.07) is 4.75. The maximum absolute atomic E-state index is 13.5. The van der Waals surface area contributed by atoms with Crippen LogP contribution in [0.3, 0.4) is 0 Å². The van der Waals surface area contributed by atoms with Gasteiger partial charge in [-0.3, -0.25) is 4.79 Å². The molecule has 0 saturated carbocycles. The highest BCUT2D eigenvalue weighted by molar-refractivity contribution is 9.10.